The minimum Gasteiger partial charge on any atom is -0.489 e. The molecule has 2 fully saturated rings. The summed E-state index contributed by atoms with van der Waals surface area (Å²) in [7, 11) is 0. The molecule has 4 aromatic heterocycles. The summed E-state index contributed by atoms with van der Waals surface area (Å²) in [6.45, 7) is 4.11. The van der Waals surface area contributed by atoms with Gasteiger partial charge in [0.2, 0.25) is 0 Å². The highest BCUT2D eigenvalue weighted by Crippen LogP contribution is 2.38. The molecule has 1 amide bonds. The van der Waals surface area contributed by atoms with E-state index in [4.69, 9.17) is 15.5 Å². The number of aromatic nitrogens is 4. The number of ether oxygens (including phenoxy) is 1. The number of nitrogens with two attached hydrogens (primary N) is 1. The molecule has 0 aromatic carbocycles. The zero-order valence-corrected chi connectivity index (χ0v) is 22.1. The van der Waals surface area contributed by atoms with Crippen LogP contribution in [-0.4, -0.2) is 63.9 Å². The molecule has 3 N–H and O–H groups in total. The van der Waals surface area contributed by atoms with E-state index in [1.165, 1.54) is 6.20 Å². The first-order valence-electron chi connectivity index (χ1n) is 13.2. The fourth-order valence-electron chi connectivity index (χ4n) is 5.51. The van der Waals surface area contributed by atoms with Gasteiger partial charge in [-0.1, -0.05) is 13.0 Å². The van der Waals surface area contributed by atoms with Crippen molar-refractivity contribution in [3.8, 4) is 22.9 Å². The summed E-state index contributed by atoms with van der Waals surface area (Å²) >= 11 is 0. The molecule has 10 nitrogen and oxygen atoms in total. The summed E-state index contributed by atoms with van der Waals surface area (Å²) < 4.78 is 21.9. The Balaban J connectivity index is 1.23. The molecule has 11 heteroatoms. The van der Waals surface area contributed by atoms with E-state index < -0.39 is 11.6 Å². The maximum atomic E-state index is 14.5. The van der Waals surface area contributed by atoms with Crippen molar-refractivity contribution >= 4 is 17.2 Å². The molecule has 40 heavy (non-hydrogen) atoms. The number of pyridine rings is 3. The lowest BCUT2D eigenvalue weighted by molar-refractivity contribution is 0.0345. The molecule has 0 bridgehead atoms. The second kappa shape index (κ2) is 9.88. The molecule has 6 heterocycles. The van der Waals surface area contributed by atoms with Gasteiger partial charge < -0.3 is 20.7 Å². The average Bonchev–Trinajstić information content (AvgIpc) is 3.38. The van der Waals surface area contributed by atoms with E-state index in [0.717, 1.165) is 48.4 Å². The van der Waals surface area contributed by atoms with Crippen LogP contribution in [0.3, 0.4) is 0 Å². The summed E-state index contributed by atoms with van der Waals surface area (Å²) in [6.07, 6.45) is 8.16. The molecule has 0 radical (unpaired) electrons. The Morgan fingerprint density at radius 3 is 2.67 bits per heavy atom. The third-order valence-corrected chi connectivity index (χ3v) is 8.03. The molecule has 204 valence electrons. The van der Waals surface area contributed by atoms with Crippen LogP contribution in [-0.2, 0) is 5.41 Å². The molecule has 2 aliphatic rings. The van der Waals surface area contributed by atoms with E-state index in [9.17, 15) is 14.4 Å². The zero-order chi connectivity index (χ0) is 27.9. The van der Waals surface area contributed by atoms with Gasteiger partial charge in [-0.3, -0.25) is 9.78 Å². The van der Waals surface area contributed by atoms with Crippen LogP contribution in [0, 0.1) is 11.3 Å². The van der Waals surface area contributed by atoms with Gasteiger partial charge in [-0.25, -0.2) is 13.9 Å². The molecule has 0 unspecified atom stereocenters. The van der Waals surface area contributed by atoms with Crippen LogP contribution in [0.4, 0.5) is 10.2 Å². The number of carbonyl (C=O) groups excluding carboxylic acids is 1. The lowest BCUT2D eigenvalue weighted by atomic mass is 9.73. The van der Waals surface area contributed by atoms with Gasteiger partial charge in [-0.15, -0.1) is 0 Å². The molecule has 0 saturated carbocycles. The number of nitrogens with zero attached hydrogens (tertiary/aromatic N) is 6. The average molecular weight is 541 g/mol. The minimum absolute atomic E-state index is 0.0671. The van der Waals surface area contributed by atoms with Gasteiger partial charge in [0.25, 0.3) is 5.91 Å². The summed E-state index contributed by atoms with van der Waals surface area (Å²) in [5, 5.41) is 16.9. The number of carbonyl (C=O) groups is 1. The lowest BCUT2D eigenvalue weighted by Crippen LogP contribution is -2.59. The highest BCUT2D eigenvalue weighted by molar-refractivity contribution is 5.92. The minimum atomic E-state index is -1.39. The first-order valence-corrected chi connectivity index (χ1v) is 13.2. The van der Waals surface area contributed by atoms with Crippen molar-refractivity contribution in [3.05, 3.63) is 71.9 Å². The number of fused-ring (bicyclic) bond motifs is 1. The Kier molecular flexibility index (Phi) is 6.35. The molecule has 0 spiro atoms. The van der Waals surface area contributed by atoms with Crippen LogP contribution >= 0.6 is 0 Å². The topological polar surface area (TPSA) is 134 Å². The number of nitriles is 1. The number of amides is 1. The Bertz CT molecular complexity index is 1620. The SMILES string of the molecule is CC1(c2cccnc2C(N)=O)CCN(c2ccc(-c3cc(OCC4(F)CNC4)cn4ncc(C#N)c34)cn2)CC1. The smallest absolute Gasteiger partial charge is 0.267 e. The maximum Gasteiger partial charge on any atom is 0.267 e. The molecule has 0 aliphatic carbocycles. The number of nitrogens with one attached hydrogen (secondary N) is 1. The summed E-state index contributed by atoms with van der Waals surface area (Å²) in [6, 6.07) is 11.7. The fraction of sp³-hybridized carbons (Fsp3) is 0.345. The third-order valence-electron chi connectivity index (χ3n) is 8.03. The Morgan fingerprint density at radius 2 is 2.02 bits per heavy atom. The number of hydrogen-bond acceptors (Lipinski definition) is 8. The van der Waals surface area contributed by atoms with Gasteiger partial charge in [0.1, 0.15) is 29.9 Å². The summed E-state index contributed by atoms with van der Waals surface area (Å²) in [4.78, 5) is 23.1. The van der Waals surface area contributed by atoms with Crippen molar-refractivity contribution in [1.29, 1.82) is 5.26 Å². The van der Waals surface area contributed by atoms with Crippen LogP contribution in [0.15, 0.2) is 55.1 Å². The second-order valence-electron chi connectivity index (χ2n) is 10.8. The van der Waals surface area contributed by atoms with Crippen LogP contribution in [0.5, 0.6) is 5.75 Å². The van der Waals surface area contributed by atoms with Crippen molar-refractivity contribution in [2.45, 2.75) is 30.8 Å². The van der Waals surface area contributed by atoms with Gasteiger partial charge in [0.15, 0.2) is 5.67 Å². The number of halogens is 1. The first-order chi connectivity index (χ1) is 19.3. The van der Waals surface area contributed by atoms with E-state index in [1.807, 2.05) is 24.3 Å². The van der Waals surface area contributed by atoms with Crippen LogP contribution < -0.4 is 20.7 Å². The molecular weight excluding hydrogens is 511 g/mol. The Morgan fingerprint density at radius 1 is 1.23 bits per heavy atom. The molecule has 4 aromatic rings. The van der Waals surface area contributed by atoms with Crippen molar-refractivity contribution in [1.82, 2.24) is 24.9 Å². The largest absolute Gasteiger partial charge is 0.489 e. The monoisotopic (exact) mass is 540 g/mol. The number of hydrogen-bond donors (Lipinski definition) is 2. The number of rotatable bonds is 7. The van der Waals surface area contributed by atoms with E-state index >= 15 is 0 Å². The molecule has 2 aliphatic heterocycles. The first kappa shape index (κ1) is 25.7. The van der Waals surface area contributed by atoms with E-state index in [1.54, 1.807) is 29.2 Å². The van der Waals surface area contributed by atoms with Gasteiger partial charge in [-0.05, 0) is 48.1 Å². The zero-order valence-electron chi connectivity index (χ0n) is 22.1. The molecule has 6 rings (SSSR count). The van der Waals surface area contributed by atoms with Crippen LogP contribution in [0.1, 0.15) is 41.4 Å². The van der Waals surface area contributed by atoms with Crippen LogP contribution in [0.25, 0.3) is 16.6 Å². The normalized spacial score (nSPS) is 17.7. The standard InChI is InChI=1S/C29H29FN8O2/c1-28(23-3-2-8-34-25(23)27(32)39)6-9-37(10-7-28)24-5-4-19(13-35-24)22-11-21(40-18-29(30)16-33-17-29)15-38-26(22)20(12-31)14-36-38/h2-5,8,11,13-15,33H,6-7,9-10,16-18H2,1H3,(H2,32,39). The molecule has 0 atom stereocenters. The Labute approximate surface area is 230 Å². The van der Waals surface area contributed by atoms with Gasteiger partial charge in [-0.2, -0.15) is 10.4 Å². The highest BCUT2D eigenvalue weighted by Gasteiger charge is 2.38. The van der Waals surface area contributed by atoms with E-state index in [0.29, 0.717) is 22.5 Å². The second-order valence-corrected chi connectivity index (χ2v) is 10.8. The fourth-order valence-corrected chi connectivity index (χ4v) is 5.51. The number of anilines is 1. The van der Waals surface area contributed by atoms with Crippen molar-refractivity contribution in [2.75, 3.05) is 37.7 Å². The van der Waals surface area contributed by atoms with Gasteiger partial charge >= 0.3 is 0 Å². The molecule has 2 saturated heterocycles. The van der Waals surface area contributed by atoms with Crippen molar-refractivity contribution in [3.63, 3.8) is 0 Å². The van der Waals surface area contributed by atoms with Gasteiger partial charge in [0, 0.05) is 49.7 Å². The quantitative estimate of drug-likeness (QED) is 0.365. The van der Waals surface area contributed by atoms with Crippen molar-refractivity contribution < 1.29 is 13.9 Å². The Hall–Kier alpha value is -4.56. The van der Waals surface area contributed by atoms with Crippen molar-refractivity contribution in [2.24, 2.45) is 5.73 Å². The lowest BCUT2D eigenvalue weighted by Gasteiger charge is -2.40. The number of primary amides is 1. The number of piperidine rings is 1. The van der Waals surface area contributed by atoms with Crippen LogP contribution in [0.2, 0.25) is 0 Å². The highest BCUT2D eigenvalue weighted by atomic mass is 19.1. The summed E-state index contributed by atoms with van der Waals surface area (Å²) in [5.74, 6) is 0.785. The van der Waals surface area contributed by atoms with E-state index in [-0.39, 0.29) is 25.1 Å². The third kappa shape index (κ3) is 4.60. The number of alkyl halides is 1. The maximum absolute atomic E-state index is 14.5. The summed E-state index contributed by atoms with van der Waals surface area (Å²) in [5.41, 5.74) is 7.79. The molecular formula is C29H29FN8O2. The van der Waals surface area contributed by atoms with Gasteiger partial charge in [0.05, 0.1) is 23.5 Å². The predicted octanol–water partition coefficient (Wildman–Crippen LogP) is 3.01. The predicted molar refractivity (Wildman–Crippen MR) is 147 cm³/mol. The van der Waals surface area contributed by atoms with E-state index in [2.05, 4.69) is 33.3 Å².